The first-order chi connectivity index (χ1) is 11.1. The van der Waals surface area contributed by atoms with Gasteiger partial charge in [-0.25, -0.2) is 14.4 Å². The molecule has 0 saturated carbocycles. The summed E-state index contributed by atoms with van der Waals surface area (Å²) in [6.07, 6.45) is 5.47. The maximum atomic E-state index is 13.6. The Morgan fingerprint density at radius 3 is 3.04 bits per heavy atom. The third kappa shape index (κ3) is 2.96. The van der Waals surface area contributed by atoms with Crippen LogP contribution in [0.4, 0.5) is 4.39 Å². The van der Waals surface area contributed by atoms with Crippen LogP contribution in [0.15, 0.2) is 30.7 Å². The predicted octanol–water partition coefficient (Wildman–Crippen LogP) is 3.33. The van der Waals surface area contributed by atoms with Gasteiger partial charge in [0.05, 0.1) is 17.3 Å². The van der Waals surface area contributed by atoms with Crippen LogP contribution in [0.25, 0.3) is 0 Å². The predicted molar refractivity (Wildman–Crippen MR) is 85.6 cm³/mol. The van der Waals surface area contributed by atoms with Crippen molar-refractivity contribution >= 4 is 5.91 Å². The number of hydrogen-bond acceptors (Lipinski definition) is 3. The van der Waals surface area contributed by atoms with Gasteiger partial charge in [-0.2, -0.15) is 0 Å². The summed E-state index contributed by atoms with van der Waals surface area (Å²) in [6, 6.07) is 4.68. The second-order valence-corrected chi connectivity index (χ2v) is 5.90. The lowest BCUT2D eigenvalue weighted by atomic mass is 9.92. The quantitative estimate of drug-likeness (QED) is 0.873. The van der Waals surface area contributed by atoms with E-state index in [0.717, 1.165) is 36.1 Å². The number of benzene rings is 1. The molecule has 23 heavy (non-hydrogen) atoms. The topological polar surface area (TPSA) is 46.1 Å². The molecule has 2 heterocycles. The maximum absolute atomic E-state index is 13.6. The summed E-state index contributed by atoms with van der Waals surface area (Å²) in [6.45, 7) is 4.62. The van der Waals surface area contributed by atoms with Crippen molar-refractivity contribution in [1.29, 1.82) is 0 Å². The van der Waals surface area contributed by atoms with Crippen molar-refractivity contribution in [3.8, 4) is 0 Å². The first-order valence-electron chi connectivity index (χ1n) is 8.00. The minimum absolute atomic E-state index is 0.0727. The molecule has 0 aliphatic carbocycles. The van der Waals surface area contributed by atoms with E-state index in [9.17, 15) is 9.18 Å². The molecule has 1 amide bonds. The molecule has 1 aliphatic rings. The van der Waals surface area contributed by atoms with Crippen molar-refractivity contribution in [2.24, 2.45) is 0 Å². The zero-order valence-electron chi connectivity index (χ0n) is 13.4. The number of aromatic nitrogens is 2. The lowest BCUT2D eigenvalue weighted by Crippen LogP contribution is -2.39. The molecule has 0 radical (unpaired) electrons. The lowest BCUT2D eigenvalue weighted by Gasteiger charge is -2.35. The number of halogens is 1. The molecule has 4 nitrogen and oxygen atoms in total. The summed E-state index contributed by atoms with van der Waals surface area (Å²) in [5, 5.41) is 0. The average Bonchev–Trinajstić information content (AvgIpc) is 2.56. The Morgan fingerprint density at radius 1 is 1.43 bits per heavy atom. The Bertz CT molecular complexity index is 732. The van der Waals surface area contributed by atoms with Crippen LogP contribution < -0.4 is 0 Å². The van der Waals surface area contributed by atoms with E-state index in [2.05, 4.69) is 16.9 Å². The monoisotopic (exact) mass is 313 g/mol. The van der Waals surface area contributed by atoms with E-state index >= 15 is 0 Å². The molecule has 0 spiro atoms. The van der Waals surface area contributed by atoms with Gasteiger partial charge in [0.2, 0.25) is 0 Å². The zero-order valence-corrected chi connectivity index (χ0v) is 13.4. The molecule has 3 rings (SSSR count). The van der Waals surface area contributed by atoms with Crippen LogP contribution in [-0.2, 0) is 12.8 Å². The number of nitrogens with zero attached hydrogens (tertiary/aromatic N) is 3. The largest absolute Gasteiger partial charge is 0.331 e. The fourth-order valence-electron chi connectivity index (χ4n) is 3.19. The molecule has 0 N–H and O–H groups in total. The molecule has 0 fully saturated rings. The Balaban J connectivity index is 1.92. The summed E-state index contributed by atoms with van der Waals surface area (Å²) in [4.78, 5) is 23.0. The number of carbonyl (C=O) groups is 1. The smallest absolute Gasteiger partial charge is 0.257 e. The molecule has 1 atom stereocenters. The van der Waals surface area contributed by atoms with Crippen molar-refractivity contribution in [3.05, 3.63) is 58.9 Å². The SMILES string of the molecule is CCCc1ncncc1C(=O)N1CCc2ccc(F)cc2C1C. The van der Waals surface area contributed by atoms with Gasteiger partial charge in [0.25, 0.3) is 5.91 Å². The lowest BCUT2D eigenvalue weighted by molar-refractivity contribution is 0.0675. The fourth-order valence-corrected chi connectivity index (χ4v) is 3.19. The van der Waals surface area contributed by atoms with Crippen LogP contribution in [-0.4, -0.2) is 27.3 Å². The van der Waals surface area contributed by atoms with E-state index in [1.54, 1.807) is 11.1 Å². The highest BCUT2D eigenvalue weighted by molar-refractivity contribution is 5.95. The minimum atomic E-state index is -0.264. The molecule has 1 aromatic carbocycles. The zero-order chi connectivity index (χ0) is 16.4. The normalized spacial score (nSPS) is 17.0. The van der Waals surface area contributed by atoms with Gasteiger partial charge in [-0.3, -0.25) is 4.79 Å². The maximum Gasteiger partial charge on any atom is 0.257 e. The van der Waals surface area contributed by atoms with E-state index in [1.807, 2.05) is 13.0 Å². The van der Waals surface area contributed by atoms with Crippen molar-refractivity contribution in [2.45, 2.75) is 39.2 Å². The molecule has 120 valence electrons. The Kier molecular flexibility index (Phi) is 4.37. The highest BCUT2D eigenvalue weighted by Crippen LogP contribution is 2.31. The van der Waals surface area contributed by atoms with Crippen molar-refractivity contribution < 1.29 is 9.18 Å². The molecular formula is C18H20FN3O. The van der Waals surface area contributed by atoms with Gasteiger partial charge in [0.15, 0.2) is 0 Å². The molecule has 2 aromatic rings. The van der Waals surface area contributed by atoms with Crippen LogP contribution in [0.2, 0.25) is 0 Å². The van der Waals surface area contributed by atoms with Crippen molar-refractivity contribution in [3.63, 3.8) is 0 Å². The first kappa shape index (κ1) is 15.6. The second kappa shape index (κ2) is 6.44. The summed E-state index contributed by atoms with van der Waals surface area (Å²) in [7, 11) is 0. The van der Waals surface area contributed by atoms with Crippen LogP contribution in [0, 0.1) is 5.82 Å². The Labute approximate surface area is 135 Å². The summed E-state index contributed by atoms with van der Waals surface area (Å²) >= 11 is 0. The summed E-state index contributed by atoms with van der Waals surface area (Å²) in [5.41, 5.74) is 3.34. The van der Waals surface area contributed by atoms with Gasteiger partial charge in [-0.05, 0) is 43.0 Å². The number of rotatable bonds is 3. The average molecular weight is 313 g/mol. The molecule has 1 aliphatic heterocycles. The fraction of sp³-hybridized carbons (Fsp3) is 0.389. The summed E-state index contributed by atoms with van der Waals surface area (Å²) in [5.74, 6) is -0.337. The minimum Gasteiger partial charge on any atom is -0.331 e. The number of fused-ring (bicyclic) bond motifs is 1. The molecule has 1 aromatic heterocycles. The van der Waals surface area contributed by atoms with Gasteiger partial charge in [-0.1, -0.05) is 19.4 Å². The van der Waals surface area contributed by atoms with E-state index < -0.39 is 0 Å². The van der Waals surface area contributed by atoms with Crippen molar-refractivity contribution in [1.82, 2.24) is 14.9 Å². The van der Waals surface area contributed by atoms with Gasteiger partial charge < -0.3 is 4.90 Å². The van der Waals surface area contributed by atoms with E-state index in [-0.39, 0.29) is 17.8 Å². The standard InChI is InChI=1S/C18H20FN3O/c1-3-4-17-16(10-20-11-21-17)18(23)22-8-7-13-5-6-14(19)9-15(13)12(22)2/h5-6,9-12H,3-4,7-8H2,1-2H3. The number of aryl methyl sites for hydroxylation is 1. The van der Waals surface area contributed by atoms with Gasteiger partial charge in [-0.15, -0.1) is 0 Å². The van der Waals surface area contributed by atoms with E-state index in [1.165, 1.54) is 18.5 Å². The molecule has 0 bridgehead atoms. The van der Waals surface area contributed by atoms with E-state index in [0.29, 0.717) is 12.1 Å². The van der Waals surface area contributed by atoms with Gasteiger partial charge in [0.1, 0.15) is 12.1 Å². The third-order valence-corrected chi connectivity index (χ3v) is 4.42. The molecule has 1 unspecified atom stereocenters. The number of hydrogen-bond donors (Lipinski definition) is 0. The van der Waals surface area contributed by atoms with Crippen molar-refractivity contribution in [2.75, 3.05) is 6.54 Å². The van der Waals surface area contributed by atoms with Crippen LogP contribution in [0.1, 0.15) is 53.5 Å². The molecular weight excluding hydrogens is 293 g/mol. The summed E-state index contributed by atoms with van der Waals surface area (Å²) < 4.78 is 13.6. The van der Waals surface area contributed by atoms with E-state index in [4.69, 9.17) is 0 Å². The third-order valence-electron chi connectivity index (χ3n) is 4.42. The molecule has 0 saturated heterocycles. The van der Waals surface area contributed by atoms with Gasteiger partial charge >= 0.3 is 0 Å². The van der Waals surface area contributed by atoms with Gasteiger partial charge in [0, 0.05) is 12.7 Å². The van der Waals surface area contributed by atoms with Crippen LogP contribution in [0.3, 0.4) is 0 Å². The number of carbonyl (C=O) groups excluding carboxylic acids is 1. The number of amides is 1. The van der Waals surface area contributed by atoms with Crippen LogP contribution in [0.5, 0.6) is 0 Å². The second-order valence-electron chi connectivity index (χ2n) is 5.90. The Morgan fingerprint density at radius 2 is 2.26 bits per heavy atom. The first-order valence-corrected chi connectivity index (χ1v) is 8.00. The highest BCUT2D eigenvalue weighted by Gasteiger charge is 2.29. The van der Waals surface area contributed by atoms with Crippen LogP contribution >= 0.6 is 0 Å². The Hall–Kier alpha value is -2.30. The molecule has 5 heteroatoms. The highest BCUT2D eigenvalue weighted by atomic mass is 19.1.